The normalized spacial score (nSPS) is 19.6. The van der Waals surface area contributed by atoms with Gasteiger partial charge in [0.2, 0.25) is 5.91 Å². The number of carbonyl (C=O) groups excluding carboxylic acids is 3. The third-order valence-corrected chi connectivity index (χ3v) is 4.68. The summed E-state index contributed by atoms with van der Waals surface area (Å²) in [7, 11) is 0. The number of nitrogens with one attached hydrogen (secondary N) is 2. The van der Waals surface area contributed by atoms with Crippen LogP contribution in [-0.2, 0) is 19.9 Å². The SMILES string of the molecule is C[C@]1(c2ccc(F)cc2)NC(=O)N(CC(=O)N[C@@H](C(=O)O)c2ccccc2)C1=O. The van der Waals surface area contributed by atoms with Crippen LogP contribution in [0.15, 0.2) is 54.6 Å². The number of amides is 4. The number of carbonyl (C=O) groups is 4. The predicted molar refractivity (Wildman–Crippen MR) is 99.0 cm³/mol. The van der Waals surface area contributed by atoms with Crippen molar-refractivity contribution in [3.05, 3.63) is 71.5 Å². The minimum Gasteiger partial charge on any atom is -0.479 e. The smallest absolute Gasteiger partial charge is 0.330 e. The van der Waals surface area contributed by atoms with Gasteiger partial charge >= 0.3 is 12.0 Å². The lowest BCUT2D eigenvalue weighted by Crippen LogP contribution is -2.44. The molecule has 1 fully saturated rings. The first-order valence-corrected chi connectivity index (χ1v) is 8.69. The van der Waals surface area contributed by atoms with E-state index in [9.17, 15) is 28.7 Å². The number of benzene rings is 2. The van der Waals surface area contributed by atoms with E-state index in [1.54, 1.807) is 30.3 Å². The maximum absolute atomic E-state index is 13.2. The standard InChI is InChI=1S/C20H18FN3O5/c1-20(13-7-9-14(21)10-8-13)18(28)24(19(29)23-20)11-15(25)22-16(17(26)27)12-5-3-2-4-6-12/h2-10,16H,11H2,1H3,(H,22,25)(H,23,29)(H,26,27)/t16-,20-/m1/s1. The van der Waals surface area contributed by atoms with Gasteiger partial charge in [-0.15, -0.1) is 0 Å². The lowest BCUT2D eigenvalue weighted by Gasteiger charge is -2.22. The molecule has 3 rings (SSSR count). The molecular weight excluding hydrogens is 381 g/mol. The minimum absolute atomic E-state index is 0.349. The van der Waals surface area contributed by atoms with Gasteiger partial charge in [-0.05, 0) is 30.2 Å². The van der Waals surface area contributed by atoms with Crippen LogP contribution < -0.4 is 10.6 Å². The highest BCUT2D eigenvalue weighted by Crippen LogP contribution is 2.28. The van der Waals surface area contributed by atoms with Gasteiger partial charge in [-0.3, -0.25) is 14.5 Å². The largest absolute Gasteiger partial charge is 0.479 e. The topological polar surface area (TPSA) is 116 Å². The molecule has 2 atom stereocenters. The second-order valence-electron chi connectivity index (χ2n) is 6.70. The summed E-state index contributed by atoms with van der Waals surface area (Å²) >= 11 is 0. The lowest BCUT2D eigenvalue weighted by atomic mass is 9.92. The van der Waals surface area contributed by atoms with Gasteiger partial charge in [-0.1, -0.05) is 42.5 Å². The van der Waals surface area contributed by atoms with E-state index in [4.69, 9.17) is 0 Å². The lowest BCUT2D eigenvalue weighted by molar-refractivity contribution is -0.142. The van der Waals surface area contributed by atoms with Crippen LogP contribution in [0.2, 0.25) is 0 Å². The molecule has 0 saturated carbocycles. The highest BCUT2D eigenvalue weighted by atomic mass is 19.1. The molecule has 4 amide bonds. The van der Waals surface area contributed by atoms with Crippen molar-refractivity contribution in [1.29, 1.82) is 0 Å². The van der Waals surface area contributed by atoms with Gasteiger partial charge in [0.25, 0.3) is 5.91 Å². The van der Waals surface area contributed by atoms with Gasteiger partial charge in [0.1, 0.15) is 17.9 Å². The Morgan fingerprint density at radius 2 is 1.76 bits per heavy atom. The predicted octanol–water partition coefficient (Wildman–Crippen LogP) is 1.53. The molecule has 2 aromatic rings. The molecule has 2 aromatic carbocycles. The van der Waals surface area contributed by atoms with Gasteiger partial charge in [-0.2, -0.15) is 0 Å². The van der Waals surface area contributed by atoms with Crippen LogP contribution in [0, 0.1) is 5.82 Å². The molecule has 1 aliphatic rings. The van der Waals surface area contributed by atoms with E-state index in [1.165, 1.54) is 19.1 Å². The fraction of sp³-hybridized carbons (Fsp3) is 0.200. The number of rotatable bonds is 6. The molecule has 3 N–H and O–H groups in total. The second-order valence-corrected chi connectivity index (χ2v) is 6.70. The molecule has 0 radical (unpaired) electrons. The molecule has 0 bridgehead atoms. The molecule has 0 aromatic heterocycles. The van der Waals surface area contributed by atoms with Crippen LogP contribution in [0.4, 0.5) is 9.18 Å². The Labute approximate surface area is 165 Å². The zero-order chi connectivity index (χ0) is 21.2. The molecule has 150 valence electrons. The Bertz CT molecular complexity index is 964. The molecule has 8 nitrogen and oxygen atoms in total. The number of hydrogen-bond acceptors (Lipinski definition) is 4. The summed E-state index contributed by atoms with van der Waals surface area (Å²) in [6.45, 7) is 0.792. The van der Waals surface area contributed by atoms with Crippen molar-refractivity contribution in [2.24, 2.45) is 0 Å². The molecule has 0 spiro atoms. The maximum atomic E-state index is 13.2. The molecule has 1 saturated heterocycles. The van der Waals surface area contributed by atoms with E-state index in [2.05, 4.69) is 10.6 Å². The van der Waals surface area contributed by atoms with Crippen LogP contribution >= 0.6 is 0 Å². The summed E-state index contributed by atoms with van der Waals surface area (Å²) < 4.78 is 13.2. The number of imide groups is 1. The summed E-state index contributed by atoms with van der Waals surface area (Å²) in [4.78, 5) is 49.7. The fourth-order valence-corrected chi connectivity index (χ4v) is 3.10. The number of halogens is 1. The average molecular weight is 399 g/mol. The summed E-state index contributed by atoms with van der Waals surface area (Å²) in [6.07, 6.45) is 0. The summed E-state index contributed by atoms with van der Waals surface area (Å²) in [5.41, 5.74) is -0.758. The van der Waals surface area contributed by atoms with Crippen molar-refractivity contribution in [3.8, 4) is 0 Å². The first-order chi connectivity index (χ1) is 13.7. The van der Waals surface area contributed by atoms with Gasteiger partial charge in [0.15, 0.2) is 6.04 Å². The van der Waals surface area contributed by atoms with E-state index in [-0.39, 0.29) is 0 Å². The molecule has 9 heteroatoms. The second kappa shape index (κ2) is 7.70. The number of aliphatic carboxylic acids is 1. The summed E-state index contributed by atoms with van der Waals surface area (Å²) in [5.74, 6) is -3.28. The monoisotopic (exact) mass is 399 g/mol. The highest BCUT2D eigenvalue weighted by molar-refractivity contribution is 6.09. The Hall–Kier alpha value is -3.75. The highest BCUT2D eigenvalue weighted by Gasteiger charge is 2.49. The first-order valence-electron chi connectivity index (χ1n) is 8.69. The zero-order valence-electron chi connectivity index (χ0n) is 15.4. The number of nitrogens with zero attached hydrogens (tertiary/aromatic N) is 1. The molecule has 29 heavy (non-hydrogen) atoms. The molecule has 1 heterocycles. The molecule has 0 aliphatic carbocycles. The first kappa shape index (κ1) is 20.0. The van der Waals surface area contributed by atoms with E-state index in [0.29, 0.717) is 16.0 Å². The summed E-state index contributed by atoms with van der Waals surface area (Å²) in [5, 5.41) is 14.2. The Morgan fingerprint density at radius 1 is 1.14 bits per heavy atom. The number of carboxylic acid groups (broad SMARTS) is 1. The van der Waals surface area contributed by atoms with Crippen LogP contribution in [0.5, 0.6) is 0 Å². The van der Waals surface area contributed by atoms with Gasteiger partial charge in [0, 0.05) is 0 Å². The van der Waals surface area contributed by atoms with Crippen LogP contribution in [0.3, 0.4) is 0 Å². The van der Waals surface area contributed by atoms with Crippen LogP contribution in [0.25, 0.3) is 0 Å². The van der Waals surface area contributed by atoms with Crippen molar-refractivity contribution in [2.75, 3.05) is 6.54 Å². The van der Waals surface area contributed by atoms with Crippen molar-refractivity contribution in [2.45, 2.75) is 18.5 Å². The van der Waals surface area contributed by atoms with E-state index < -0.39 is 47.8 Å². The van der Waals surface area contributed by atoms with Crippen molar-refractivity contribution < 1.29 is 28.7 Å². The quantitative estimate of drug-likeness (QED) is 0.637. The van der Waals surface area contributed by atoms with E-state index in [0.717, 1.165) is 12.1 Å². The van der Waals surface area contributed by atoms with Gasteiger partial charge in [0.05, 0.1) is 0 Å². The van der Waals surface area contributed by atoms with E-state index in [1.807, 2.05) is 0 Å². The molecule has 1 aliphatic heterocycles. The van der Waals surface area contributed by atoms with Gasteiger partial charge < -0.3 is 15.7 Å². The van der Waals surface area contributed by atoms with Crippen molar-refractivity contribution in [3.63, 3.8) is 0 Å². The Balaban J connectivity index is 1.75. The number of urea groups is 1. The van der Waals surface area contributed by atoms with Crippen LogP contribution in [0.1, 0.15) is 24.1 Å². The number of carboxylic acids is 1. The van der Waals surface area contributed by atoms with Crippen LogP contribution in [-0.4, -0.2) is 40.4 Å². The summed E-state index contributed by atoms with van der Waals surface area (Å²) in [6, 6.07) is 11.0. The fourth-order valence-electron chi connectivity index (χ4n) is 3.10. The van der Waals surface area contributed by atoms with Crippen molar-refractivity contribution in [1.82, 2.24) is 15.5 Å². The molecular formula is C20H18FN3O5. The number of hydrogen-bond donors (Lipinski definition) is 3. The average Bonchev–Trinajstić information content (AvgIpc) is 2.91. The Morgan fingerprint density at radius 3 is 2.34 bits per heavy atom. The third-order valence-electron chi connectivity index (χ3n) is 4.68. The third kappa shape index (κ3) is 3.93. The minimum atomic E-state index is -1.46. The molecule has 0 unspecified atom stereocenters. The Kier molecular flexibility index (Phi) is 5.31. The van der Waals surface area contributed by atoms with Crippen molar-refractivity contribution >= 4 is 23.8 Å². The maximum Gasteiger partial charge on any atom is 0.330 e. The zero-order valence-corrected chi connectivity index (χ0v) is 15.4. The van der Waals surface area contributed by atoms with E-state index >= 15 is 0 Å². The van der Waals surface area contributed by atoms with Gasteiger partial charge in [-0.25, -0.2) is 14.0 Å².